The van der Waals surface area contributed by atoms with E-state index in [1.54, 1.807) is 11.0 Å². The topological polar surface area (TPSA) is 105 Å². The molecule has 7 nitrogen and oxygen atoms in total. The van der Waals surface area contributed by atoms with Crippen molar-refractivity contribution in [3.8, 4) is 0 Å². The average Bonchev–Trinajstić information content (AvgIpc) is 2.66. The first-order valence-electron chi connectivity index (χ1n) is 8.44. The smallest absolute Gasteiger partial charge is 0.242 e. The molecule has 140 valence electrons. The van der Waals surface area contributed by atoms with Crippen LogP contribution in [0.1, 0.15) is 18.4 Å². The maximum absolute atomic E-state index is 12.5. The second-order valence-corrected chi connectivity index (χ2v) is 7.55. The fourth-order valence-corrected chi connectivity index (χ4v) is 3.41. The predicted molar refractivity (Wildman–Crippen MR) is 99.6 cm³/mol. The lowest BCUT2D eigenvalue weighted by Crippen LogP contribution is -2.35. The number of carbonyl (C=O) groups is 1. The highest BCUT2D eigenvalue weighted by Gasteiger charge is 2.17. The normalized spacial score (nSPS) is 11.3. The van der Waals surface area contributed by atoms with Crippen molar-refractivity contribution in [3.05, 3.63) is 60.4 Å². The predicted octanol–water partition coefficient (Wildman–Crippen LogP) is 1.13. The molecule has 0 radical (unpaired) electrons. The summed E-state index contributed by atoms with van der Waals surface area (Å²) in [5.74, 6) is -0.115. The summed E-state index contributed by atoms with van der Waals surface area (Å²) in [5, 5.41) is 0. The van der Waals surface area contributed by atoms with Crippen LogP contribution < -0.4 is 10.5 Å². The maximum atomic E-state index is 12.5. The number of rotatable bonds is 10. The van der Waals surface area contributed by atoms with Gasteiger partial charge < -0.3 is 10.6 Å². The van der Waals surface area contributed by atoms with Crippen LogP contribution in [0.5, 0.6) is 0 Å². The fraction of sp³-hybridized carbons (Fsp3) is 0.333. The zero-order chi connectivity index (χ0) is 18.8. The zero-order valence-electron chi connectivity index (χ0n) is 14.5. The molecule has 8 heteroatoms. The highest BCUT2D eigenvalue weighted by Crippen LogP contribution is 2.08. The molecule has 0 saturated carbocycles. The highest BCUT2D eigenvalue weighted by atomic mass is 32.2. The minimum Gasteiger partial charge on any atom is -0.338 e. The van der Waals surface area contributed by atoms with Crippen LogP contribution in [-0.4, -0.2) is 43.8 Å². The van der Waals surface area contributed by atoms with Crippen molar-refractivity contribution in [2.45, 2.75) is 24.3 Å². The molecule has 0 bridgehead atoms. The summed E-state index contributed by atoms with van der Waals surface area (Å²) in [6.07, 6.45) is 3.55. The second-order valence-electron chi connectivity index (χ2n) is 5.78. The Labute approximate surface area is 154 Å². The first-order valence-corrected chi connectivity index (χ1v) is 9.92. The van der Waals surface area contributed by atoms with Crippen molar-refractivity contribution in [3.63, 3.8) is 0 Å². The number of carbonyl (C=O) groups excluding carboxylic acids is 1. The lowest BCUT2D eigenvalue weighted by Gasteiger charge is -2.23. The van der Waals surface area contributed by atoms with E-state index in [4.69, 9.17) is 5.73 Å². The summed E-state index contributed by atoms with van der Waals surface area (Å²) in [6, 6.07) is 12.7. The van der Waals surface area contributed by atoms with Gasteiger partial charge in [0, 0.05) is 38.4 Å². The van der Waals surface area contributed by atoms with Crippen LogP contribution >= 0.6 is 0 Å². The van der Waals surface area contributed by atoms with E-state index in [2.05, 4.69) is 9.71 Å². The van der Waals surface area contributed by atoms with Gasteiger partial charge in [-0.15, -0.1) is 0 Å². The molecule has 0 aliphatic heterocycles. The van der Waals surface area contributed by atoms with E-state index in [1.165, 1.54) is 18.5 Å². The summed E-state index contributed by atoms with van der Waals surface area (Å²) < 4.78 is 26.7. The molecule has 1 aromatic heterocycles. The second kappa shape index (κ2) is 10.0. The van der Waals surface area contributed by atoms with Crippen LogP contribution in [0.2, 0.25) is 0 Å². The van der Waals surface area contributed by atoms with Gasteiger partial charge in [-0.05, 0) is 30.7 Å². The number of pyridine rings is 1. The van der Waals surface area contributed by atoms with Gasteiger partial charge in [-0.1, -0.05) is 30.3 Å². The number of hydrogen-bond donors (Lipinski definition) is 2. The summed E-state index contributed by atoms with van der Waals surface area (Å²) >= 11 is 0. The molecule has 0 aliphatic rings. The number of sulfonamides is 1. The lowest BCUT2D eigenvalue weighted by atomic mass is 10.2. The summed E-state index contributed by atoms with van der Waals surface area (Å²) in [5.41, 5.74) is 6.58. The number of amides is 1. The number of nitrogens with two attached hydrogens (primary N) is 1. The summed E-state index contributed by atoms with van der Waals surface area (Å²) in [7, 11) is -3.66. The van der Waals surface area contributed by atoms with E-state index in [0.29, 0.717) is 26.1 Å². The van der Waals surface area contributed by atoms with Gasteiger partial charge in [0.25, 0.3) is 0 Å². The molecule has 1 aromatic carbocycles. The van der Waals surface area contributed by atoms with Gasteiger partial charge in [-0.3, -0.25) is 9.78 Å². The van der Waals surface area contributed by atoms with Crippen LogP contribution in [0.4, 0.5) is 0 Å². The molecular weight excluding hydrogens is 352 g/mol. The standard InChI is InChI=1S/C18H24N4O3S/c19-10-5-13-22(15-16-6-2-1-3-7-16)18(23)9-12-21-26(24,25)17-8-4-11-20-14-17/h1-4,6-8,11,14,21H,5,9-10,12-13,15,19H2. The van der Waals surface area contributed by atoms with E-state index < -0.39 is 10.0 Å². The minimum atomic E-state index is -3.66. The van der Waals surface area contributed by atoms with Crippen molar-refractivity contribution < 1.29 is 13.2 Å². The summed E-state index contributed by atoms with van der Waals surface area (Å²) in [4.78, 5) is 18.1. The lowest BCUT2D eigenvalue weighted by molar-refractivity contribution is -0.131. The minimum absolute atomic E-state index is 0.0317. The number of nitrogens with zero attached hydrogens (tertiary/aromatic N) is 2. The van der Waals surface area contributed by atoms with Crippen LogP contribution in [0.15, 0.2) is 59.8 Å². The van der Waals surface area contributed by atoms with E-state index in [-0.39, 0.29) is 23.8 Å². The van der Waals surface area contributed by atoms with Gasteiger partial charge in [0.2, 0.25) is 15.9 Å². The molecule has 1 amide bonds. The Bertz CT molecular complexity index is 783. The molecule has 0 saturated heterocycles. The Balaban J connectivity index is 1.92. The quantitative estimate of drug-likeness (QED) is 0.647. The van der Waals surface area contributed by atoms with Gasteiger partial charge in [-0.2, -0.15) is 0 Å². The molecular formula is C18H24N4O3S. The third-order valence-corrected chi connectivity index (χ3v) is 5.22. The highest BCUT2D eigenvalue weighted by molar-refractivity contribution is 7.89. The Morgan fingerprint density at radius 3 is 2.58 bits per heavy atom. The first-order chi connectivity index (χ1) is 12.5. The fourth-order valence-electron chi connectivity index (χ4n) is 2.42. The van der Waals surface area contributed by atoms with Crippen LogP contribution in [0.3, 0.4) is 0 Å². The van der Waals surface area contributed by atoms with Gasteiger partial charge in [0.1, 0.15) is 4.90 Å². The SMILES string of the molecule is NCCCN(Cc1ccccc1)C(=O)CCNS(=O)(=O)c1cccnc1. The van der Waals surface area contributed by atoms with Gasteiger partial charge in [0.15, 0.2) is 0 Å². The Hall–Kier alpha value is -2.29. The van der Waals surface area contributed by atoms with Crippen molar-refractivity contribution in [1.29, 1.82) is 0 Å². The van der Waals surface area contributed by atoms with E-state index in [1.807, 2.05) is 30.3 Å². The zero-order valence-corrected chi connectivity index (χ0v) is 15.4. The monoisotopic (exact) mass is 376 g/mol. The molecule has 2 aromatic rings. The molecule has 0 unspecified atom stereocenters. The van der Waals surface area contributed by atoms with Crippen LogP contribution in [-0.2, 0) is 21.4 Å². The Kier molecular flexibility index (Phi) is 7.71. The molecule has 0 spiro atoms. The van der Waals surface area contributed by atoms with E-state index >= 15 is 0 Å². The van der Waals surface area contributed by atoms with Gasteiger partial charge in [-0.25, -0.2) is 13.1 Å². The molecule has 26 heavy (non-hydrogen) atoms. The average molecular weight is 376 g/mol. The number of benzene rings is 1. The Morgan fingerprint density at radius 2 is 1.92 bits per heavy atom. The van der Waals surface area contributed by atoms with Crippen molar-refractivity contribution >= 4 is 15.9 Å². The molecule has 0 atom stereocenters. The van der Waals surface area contributed by atoms with Crippen molar-refractivity contribution in [1.82, 2.24) is 14.6 Å². The number of hydrogen-bond acceptors (Lipinski definition) is 5. The molecule has 3 N–H and O–H groups in total. The molecule has 0 fully saturated rings. The summed E-state index contributed by atoms with van der Waals surface area (Å²) in [6.45, 7) is 1.55. The molecule has 2 rings (SSSR count). The number of nitrogens with one attached hydrogen (secondary N) is 1. The van der Waals surface area contributed by atoms with Gasteiger partial charge in [0.05, 0.1) is 0 Å². The maximum Gasteiger partial charge on any atom is 0.242 e. The molecule has 1 heterocycles. The van der Waals surface area contributed by atoms with E-state index in [9.17, 15) is 13.2 Å². The third kappa shape index (κ3) is 6.21. The Morgan fingerprint density at radius 1 is 1.15 bits per heavy atom. The van der Waals surface area contributed by atoms with Gasteiger partial charge >= 0.3 is 0 Å². The molecule has 0 aliphatic carbocycles. The van der Waals surface area contributed by atoms with Crippen molar-refractivity contribution in [2.24, 2.45) is 5.73 Å². The van der Waals surface area contributed by atoms with Crippen LogP contribution in [0, 0.1) is 0 Å². The van der Waals surface area contributed by atoms with E-state index in [0.717, 1.165) is 5.56 Å². The van der Waals surface area contributed by atoms with Crippen LogP contribution in [0.25, 0.3) is 0 Å². The first kappa shape index (κ1) is 20.0. The largest absolute Gasteiger partial charge is 0.338 e. The van der Waals surface area contributed by atoms with Crippen molar-refractivity contribution in [2.75, 3.05) is 19.6 Å². The number of aromatic nitrogens is 1. The third-order valence-electron chi connectivity index (χ3n) is 3.78.